The quantitative estimate of drug-likeness (QED) is 0.895. The molecule has 1 aliphatic rings. The van der Waals surface area contributed by atoms with E-state index in [9.17, 15) is 0 Å². The molecule has 2 N–H and O–H groups in total. The fourth-order valence-electron chi connectivity index (χ4n) is 1.80. The van der Waals surface area contributed by atoms with Crippen LogP contribution in [-0.2, 0) is 11.3 Å². The highest BCUT2D eigenvalue weighted by Gasteiger charge is 2.18. The Hall–Kier alpha value is -0.100. The van der Waals surface area contributed by atoms with E-state index in [1.165, 1.54) is 0 Å². The molecule has 2 rings (SSSR count). The summed E-state index contributed by atoms with van der Waals surface area (Å²) in [7, 11) is 0. The van der Waals surface area contributed by atoms with Gasteiger partial charge < -0.3 is 15.2 Å². The molecule has 1 heterocycles. The third kappa shape index (κ3) is 3.44. The Balaban J connectivity index is 2.14. The van der Waals surface area contributed by atoms with E-state index in [2.05, 4.69) is 31.9 Å². The first-order valence-corrected chi connectivity index (χ1v) is 7.21. The lowest BCUT2D eigenvalue weighted by Crippen LogP contribution is -2.26. The molecule has 1 aromatic rings. The van der Waals surface area contributed by atoms with Gasteiger partial charge in [-0.15, -0.1) is 0 Å². The van der Waals surface area contributed by atoms with Crippen molar-refractivity contribution >= 4 is 31.9 Å². The highest BCUT2D eigenvalue weighted by molar-refractivity contribution is 9.11. The van der Waals surface area contributed by atoms with E-state index >= 15 is 0 Å². The highest BCUT2D eigenvalue weighted by Crippen LogP contribution is 2.36. The minimum absolute atomic E-state index is 0.236. The van der Waals surface area contributed by atoms with E-state index in [-0.39, 0.29) is 6.10 Å². The number of halogens is 2. The van der Waals surface area contributed by atoms with E-state index in [4.69, 9.17) is 15.2 Å². The van der Waals surface area contributed by atoms with Crippen LogP contribution in [0.2, 0.25) is 0 Å². The van der Waals surface area contributed by atoms with Gasteiger partial charge in [-0.1, -0.05) is 0 Å². The van der Waals surface area contributed by atoms with E-state index in [1.54, 1.807) is 0 Å². The second kappa shape index (κ2) is 6.18. The Bertz CT molecular complexity index is 369. The van der Waals surface area contributed by atoms with Crippen molar-refractivity contribution in [1.82, 2.24) is 0 Å². The lowest BCUT2D eigenvalue weighted by atomic mass is 10.1. The predicted octanol–water partition coefficient (Wildman–Crippen LogP) is 3.23. The van der Waals surface area contributed by atoms with Crippen LogP contribution in [0.4, 0.5) is 0 Å². The number of benzene rings is 1. The van der Waals surface area contributed by atoms with Gasteiger partial charge in [0.2, 0.25) is 0 Å². The molecule has 0 amide bonds. The number of rotatable bonds is 3. The zero-order valence-electron chi connectivity index (χ0n) is 9.42. The smallest absolute Gasteiger partial charge is 0.148 e. The van der Waals surface area contributed by atoms with E-state index in [1.807, 2.05) is 12.1 Å². The maximum atomic E-state index is 6.00. The van der Waals surface area contributed by atoms with Gasteiger partial charge >= 0.3 is 0 Å². The van der Waals surface area contributed by atoms with Crippen molar-refractivity contribution in [3.63, 3.8) is 0 Å². The number of nitrogens with two attached hydrogens (primary N) is 1. The summed E-state index contributed by atoms with van der Waals surface area (Å²) in [5.41, 5.74) is 6.70. The second-order valence-electron chi connectivity index (χ2n) is 4.02. The van der Waals surface area contributed by atoms with E-state index < -0.39 is 0 Å². The first-order chi connectivity index (χ1) is 8.20. The topological polar surface area (TPSA) is 44.5 Å². The molecule has 1 aromatic carbocycles. The number of hydrogen-bond acceptors (Lipinski definition) is 3. The molecule has 0 aliphatic carbocycles. The van der Waals surface area contributed by atoms with Crippen LogP contribution in [0.25, 0.3) is 0 Å². The largest absolute Gasteiger partial charge is 0.488 e. The molecule has 0 spiro atoms. The molecule has 1 aliphatic heterocycles. The summed E-state index contributed by atoms with van der Waals surface area (Å²) in [5, 5.41) is 0. The SMILES string of the molecule is NCc1cc(Br)c(OC2CCOCC2)c(Br)c1. The van der Waals surface area contributed by atoms with Crippen molar-refractivity contribution in [3.05, 3.63) is 26.6 Å². The summed E-state index contributed by atoms with van der Waals surface area (Å²) < 4.78 is 13.2. The third-order valence-corrected chi connectivity index (χ3v) is 3.92. The molecule has 0 radical (unpaired) electrons. The van der Waals surface area contributed by atoms with Gasteiger partial charge in [0, 0.05) is 19.4 Å². The average molecular weight is 365 g/mol. The van der Waals surface area contributed by atoms with E-state index in [0.29, 0.717) is 6.54 Å². The molecule has 0 atom stereocenters. The molecule has 5 heteroatoms. The van der Waals surface area contributed by atoms with Gasteiger partial charge in [-0.3, -0.25) is 0 Å². The van der Waals surface area contributed by atoms with Gasteiger partial charge in [0.05, 0.1) is 22.2 Å². The van der Waals surface area contributed by atoms with Gasteiger partial charge in [-0.05, 0) is 49.6 Å². The summed E-state index contributed by atoms with van der Waals surface area (Å²) in [6, 6.07) is 4.00. The summed E-state index contributed by atoms with van der Waals surface area (Å²) in [6.45, 7) is 2.08. The lowest BCUT2D eigenvalue weighted by molar-refractivity contribution is 0.0249. The maximum Gasteiger partial charge on any atom is 0.148 e. The Morgan fingerprint density at radius 2 is 1.82 bits per heavy atom. The van der Waals surface area contributed by atoms with Crippen molar-refractivity contribution in [2.75, 3.05) is 13.2 Å². The van der Waals surface area contributed by atoms with Crippen LogP contribution in [0, 0.1) is 0 Å². The van der Waals surface area contributed by atoms with Crippen molar-refractivity contribution < 1.29 is 9.47 Å². The summed E-state index contributed by atoms with van der Waals surface area (Å²) in [6.07, 6.45) is 2.12. The molecule has 17 heavy (non-hydrogen) atoms. The minimum Gasteiger partial charge on any atom is -0.488 e. The van der Waals surface area contributed by atoms with Crippen LogP contribution in [0.1, 0.15) is 18.4 Å². The highest BCUT2D eigenvalue weighted by atomic mass is 79.9. The molecule has 0 saturated carbocycles. The van der Waals surface area contributed by atoms with Gasteiger partial charge in [-0.25, -0.2) is 0 Å². The van der Waals surface area contributed by atoms with Crippen LogP contribution in [0.3, 0.4) is 0 Å². The van der Waals surface area contributed by atoms with Crippen LogP contribution in [-0.4, -0.2) is 19.3 Å². The zero-order chi connectivity index (χ0) is 12.3. The fraction of sp³-hybridized carbons (Fsp3) is 0.500. The normalized spacial score (nSPS) is 17.1. The summed E-state index contributed by atoms with van der Waals surface area (Å²) >= 11 is 7.05. The third-order valence-electron chi connectivity index (χ3n) is 2.75. The maximum absolute atomic E-state index is 6.00. The van der Waals surface area contributed by atoms with Crippen molar-refractivity contribution in [2.45, 2.75) is 25.5 Å². The Morgan fingerprint density at radius 3 is 2.35 bits per heavy atom. The molecule has 3 nitrogen and oxygen atoms in total. The second-order valence-corrected chi connectivity index (χ2v) is 5.73. The summed E-state index contributed by atoms with van der Waals surface area (Å²) in [5.74, 6) is 0.856. The average Bonchev–Trinajstić information content (AvgIpc) is 2.35. The monoisotopic (exact) mass is 363 g/mol. The van der Waals surface area contributed by atoms with Gasteiger partial charge in [0.15, 0.2) is 0 Å². The first kappa shape index (κ1) is 13.3. The van der Waals surface area contributed by atoms with Crippen molar-refractivity contribution in [1.29, 1.82) is 0 Å². The van der Waals surface area contributed by atoms with Crippen LogP contribution in [0.5, 0.6) is 5.75 Å². The lowest BCUT2D eigenvalue weighted by Gasteiger charge is -2.24. The minimum atomic E-state index is 0.236. The standard InChI is InChI=1S/C12H15Br2NO2/c13-10-5-8(7-15)6-11(14)12(10)17-9-1-3-16-4-2-9/h5-6,9H,1-4,7,15H2. The fourth-order valence-corrected chi connectivity index (χ4v) is 3.27. The molecule has 0 aromatic heterocycles. The number of hydrogen-bond donors (Lipinski definition) is 1. The predicted molar refractivity (Wildman–Crippen MR) is 74.2 cm³/mol. The van der Waals surface area contributed by atoms with Crippen LogP contribution < -0.4 is 10.5 Å². The zero-order valence-corrected chi connectivity index (χ0v) is 12.6. The Morgan fingerprint density at radius 1 is 1.24 bits per heavy atom. The Kier molecular flexibility index (Phi) is 4.85. The summed E-state index contributed by atoms with van der Waals surface area (Å²) in [4.78, 5) is 0. The molecule has 1 saturated heterocycles. The molecular weight excluding hydrogens is 350 g/mol. The van der Waals surface area contributed by atoms with E-state index in [0.717, 1.165) is 46.3 Å². The van der Waals surface area contributed by atoms with Crippen LogP contribution in [0.15, 0.2) is 21.1 Å². The molecule has 0 unspecified atom stereocenters. The first-order valence-electron chi connectivity index (χ1n) is 5.63. The van der Waals surface area contributed by atoms with Crippen molar-refractivity contribution in [2.24, 2.45) is 5.73 Å². The van der Waals surface area contributed by atoms with Gasteiger partial charge in [-0.2, -0.15) is 0 Å². The van der Waals surface area contributed by atoms with Gasteiger partial charge in [0.25, 0.3) is 0 Å². The molecule has 94 valence electrons. The number of ether oxygens (including phenoxy) is 2. The van der Waals surface area contributed by atoms with Crippen LogP contribution >= 0.6 is 31.9 Å². The van der Waals surface area contributed by atoms with Gasteiger partial charge in [0.1, 0.15) is 11.9 Å². The molecule has 1 fully saturated rings. The Labute approximate surface area is 118 Å². The molecular formula is C12H15Br2NO2. The molecule has 0 bridgehead atoms. The van der Waals surface area contributed by atoms with Crippen molar-refractivity contribution in [3.8, 4) is 5.75 Å².